The summed E-state index contributed by atoms with van der Waals surface area (Å²) >= 11 is 0. The third kappa shape index (κ3) is 5.17. The second kappa shape index (κ2) is 9.52. The Morgan fingerprint density at radius 1 is 1.23 bits per heavy atom. The van der Waals surface area contributed by atoms with E-state index in [9.17, 15) is 9.90 Å². The fourth-order valence-electron chi connectivity index (χ4n) is 2.94. The van der Waals surface area contributed by atoms with Crippen molar-refractivity contribution in [3.05, 3.63) is 53.9 Å². The van der Waals surface area contributed by atoms with Gasteiger partial charge in [-0.15, -0.1) is 12.4 Å². The van der Waals surface area contributed by atoms with Gasteiger partial charge in [0.05, 0.1) is 11.8 Å². The molecule has 2 atom stereocenters. The van der Waals surface area contributed by atoms with Gasteiger partial charge in [0.15, 0.2) is 0 Å². The minimum atomic E-state index is -0.406. The van der Waals surface area contributed by atoms with E-state index in [4.69, 9.17) is 10.5 Å². The Morgan fingerprint density at radius 2 is 1.96 bits per heavy atom. The molecule has 0 radical (unpaired) electrons. The van der Waals surface area contributed by atoms with Crippen LogP contribution in [-0.4, -0.2) is 28.2 Å². The summed E-state index contributed by atoms with van der Waals surface area (Å²) in [5.74, 6) is 0.478. The lowest BCUT2D eigenvalue weighted by Gasteiger charge is -2.28. The van der Waals surface area contributed by atoms with Gasteiger partial charge in [0.1, 0.15) is 11.9 Å². The molecule has 1 amide bonds. The molecule has 140 valence electrons. The molecule has 1 aliphatic rings. The molecule has 2 unspecified atom stereocenters. The number of ether oxygens (including phenoxy) is 1. The number of anilines is 1. The number of nitrogens with zero attached hydrogens (tertiary/aromatic N) is 1. The summed E-state index contributed by atoms with van der Waals surface area (Å²) in [6.45, 7) is 0.292. The van der Waals surface area contributed by atoms with E-state index in [0.29, 0.717) is 29.2 Å². The number of carbonyl (C=O) groups excluding carboxylic acids is 1. The molecule has 0 aliphatic heterocycles. The quantitative estimate of drug-likeness (QED) is 0.744. The lowest BCUT2D eigenvalue weighted by Crippen LogP contribution is -2.34. The Hall–Kier alpha value is -2.15. The van der Waals surface area contributed by atoms with Crippen LogP contribution in [0.3, 0.4) is 0 Å². The van der Waals surface area contributed by atoms with Gasteiger partial charge in [-0.05, 0) is 55.7 Å². The van der Waals surface area contributed by atoms with Crippen molar-refractivity contribution >= 4 is 24.0 Å². The average molecular weight is 378 g/mol. The second-order valence-corrected chi connectivity index (χ2v) is 6.23. The average Bonchev–Trinajstić information content (AvgIpc) is 2.65. The van der Waals surface area contributed by atoms with E-state index in [1.165, 1.54) is 0 Å². The SMILES string of the molecule is Cl.NCc1cc(C(=O)Nc2ccc(OC3CCCCC3O)cc2)ccn1. The lowest BCUT2D eigenvalue weighted by molar-refractivity contribution is 0.00688. The van der Waals surface area contributed by atoms with Crippen molar-refractivity contribution in [3.8, 4) is 5.75 Å². The number of aliphatic hydroxyl groups is 1. The number of aromatic nitrogens is 1. The summed E-state index contributed by atoms with van der Waals surface area (Å²) in [5, 5.41) is 12.8. The van der Waals surface area contributed by atoms with Crippen LogP contribution in [-0.2, 0) is 6.54 Å². The molecule has 1 saturated carbocycles. The number of nitrogens with one attached hydrogen (secondary N) is 1. The van der Waals surface area contributed by atoms with Crippen LogP contribution in [0.25, 0.3) is 0 Å². The molecule has 1 aromatic carbocycles. The zero-order chi connectivity index (χ0) is 17.6. The number of nitrogens with two attached hydrogens (primary N) is 1. The third-order valence-corrected chi connectivity index (χ3v) is 4.36. The summed E-state index contributed by atoms with van der Waals surface area (Å²) in [5.41, 5.74) is 7.41. The van der Waals surface area contributed by atoms with E-state index in [-0.39, 0.29) is 24.4 Å². The Balaban J connectivity index is 0.00000243. The molecule has 1 fully saturated rings. The monoisotopic (exact) mass is 377 g/mol. The van der Waals surface area contributed by atoms with Crippen molar-refractivity contribution in [2.75, 3.05) is 5.32 Å². The molecule has 4 N–H and O–H groups in total. The van der Waals surface area contributed by atoms with E-state index >= 15 is 0 Å². The van der Waals surface area contributed by atoms with Crippen molar-refractivity contribution in [2.45, 2.75) is 44.4 Å². The minimum Gasteiger partial charge on any atom is -0.488 e. The van der Waals surface area contributed by atoms with E-state index in [0.717, 1.165) is 25.7 Å². The van der Waals surface area contributed by atoms with Crippen LogP contribution in [0.5, 0.6) is 5.75 Å². The van der Waals surface area contributed by atoms with E-state index in [1.807, 2.05) is 0 Å². The lowest BCUT2D eigenvalue weighted by atomic mass is 9.95. The van der Waals surface area contributed by atoms with Gasteiger partial charge < -0.3 is 20.9 Å². The molecule has 0 saturated heterocycles. The molecule has 2 aromatic rings. The van der Waals surface area contributed by atoms with Crippen molar-refractivity contribution in [3.63, 3.8) is 0 Å². The highest BCUT2D eigenvalue weighted by Gasteiger charge is 2.24. The van der Waals surface area contributed by atoms with Gasteiger partial charge in [-0.3, -0.25) is 9.78 Å². The highest BCUT2D eigenvalue weighted by Crippen LogP contribution is 2.25. The maximum absolute atomic E-state index is 12.3. The molecule has 3 rings (SSSR count). The summed E-state index contributed by atoms with van der Waals surface area (Å²) in [7, 11) is 0. The maximum atomic E-state index is 12.3. The van der Waals surface area contributed by atoms with Crippen molar-refractivity contribution in [1.29, 1.82) is 0 Å². The van der Waals surface area contributed by atoms with Crippen LogP contribution in [0.1, 0.15) is 41.7 Å². The zero-order valence-corrected chi connectivity index (χ0v) is 15.2. The third-order valence-electron chi connectivity index (χ3n) is 4.36. The first-order valence-corrected chi connectivity index (χ1v) is 8.57. The molecule has 1 aromatic heterocycles. The topological polar surface area (TPSA) is 97.5 Å². The maximum Gasteiger partial charge on any atom is 0.255 e. The van der Waals surface area contributed by atoms with E-state index in [2.05, 4.69) is 10.3 Å². The predicted octanol–water partition coefficient (Wildman–Crippen LogP) is 2.90. The molecule has 1 heterocycles. The Bertz CT molecular complexity index is 724. The number of carbonyl (C=O) groups is 1. The van der Waals surface area contributed by atoms with Crippen LogP contribution in [0.4, 0.5) is 5.69 Å². The van der Waals surface area contributed by atoms with Gasteiger partial charge in [0.25, 0.3) is 5.91 Å². The van der Waals surface area contributed by atoms with Gasteiger partial charge >= 0.3 is 0 Å². The summed E-state index contributed by atoms with van der Waals surface area (Å²) in [4.78, 5) is 16.4. The summed E-state index contributed by atoms with van der Waals surface area (Å²) in [6.07, 6.45) is 4.79. The predicted molar refractivity (Wildman–Crippen MR) is 103 cm³/mol. The molecule has 6 nitrogen and oxygen atoms in total. The number of halogens is 1. The normalized spacial score (nSPS) is 19.3. The molecular weight excluding hydrogens is 354 g/mol. The Labute approximate surface area is 159 Å². The van der Waals surface area contributed by atoms with Gasteiger partial charge in [0, 0.05) is 24.0 Å². The zero-order valence-electron chi connectivity index (χ0n) is 14.4. The van der Waals surface area contributed by atoms with Crippen LogP contribution < -0.4 is 15.8 Å². The first-order valence-electron chi connectivity index (χ1n) is 8.57. The molecule has 26 heavy (non-hydrogen) atoms. The van der Waals surface area contributed by atoms with Crippen LogP contribution in [0, 0.1) is 0 Å². The Morgan fingerprint density at radius 3 is 2.65 bits per heavy atom. The van der Waals surface area contributed by atoms with Gasteiger partial charge in [0.2, 0.25) is 0 Å². The minimum absolute atomic E-state index is 0. The molecule has 1 aliphatic carbocycles. The van der Waals surface area contributed by atoms with Crippen LogP contribution in [0.15, 0.2) is 42.6 Å². The van der Waals surface area contributed by atoms with Crippen molar-refractivity contribution in [2.24, 2.45) is 5.73 Å². The number of amides is 1. The first kappa shape index (κ1) is 20.2. The fraction of sp³-hybridized carbons (Fsp3) is 0.368. The Kier molecular flexibility index (Phi) is 7.38. The number of aliphatic hydroxyl groups excluding tert-OH is 1. The van der Waals surface area contributed by atoms with Gasteiger partial charge in [-0.2, -0.15) is 0 Å². The molecular formula is C19H24ClN3O3. The number of benzene rings is 1. The highest BCUT2D eigenvalue weighted by atomic mass is 35.5. The van der Waals surface area contributed by atoms with Crippen molar-refractivity contribution < 1.29 is 14.6 Å². The number of pyridine rings is 1. The summed E-state index contributed by atoms with van der Waals surface area (Å²) < 4.78 is 5.86. The van der Waals surface area contributed by atoms with Crippen molar-refractivity contribution in [1.82, 2.24) is 4.98 Å². The van der Waals surface area contributed by atoms with Crippen LogP contribution in [0.2, 0.25) is 0 Å². The molecule has 0 spiro atoms. The largest absolute Gasteiger partial charge is 0.488 e. The molecule has 7 heteroatoms. The smallest absolute Gasteiger partial charge is 0.255 e. The fourth-order valence-corrected chi connectivity index (χ4v) is 2.94. The first-order chi connectivity index (χ1) is 12.2. The van der Waals surface area contributed by atoms with E-state index in [1.54, 1.807) is 42.6 Å². The molecule has 0 bridgehead atoms. The summed E-state index contributed by atoms with van der Waals surface area (Å²) in [6, 6.07) is 10.5. The standard InChI is InChI=1S/C19H23N3O3.ClH/c20-12-15-11-13(9-10-21-15)19(24)22-14-5-7-16(8-6-14)25-18-4-2-1-3-17(18)23;/h5-11,17-18,23H,1-4,12,20H2,(H,22,24);1H. The van der Waals surface area contributed by atoms with Gasteiger partial charge in [-0.1, -0.05) is 6.42 Å². The van der Waals surface area contributed by atoms with E-state index < -0.39 is 6.10 Å². The highest BCUT2D eigenvalue weighted by molar-refractivity contribution is 6.04. The number of hydrogen-bond acceptors (Lipinski definition) is 5. The van der Waals surface area contributed by atoms with Gasteiger partial charge in [-0.25, -0.2) is 0 Å². The second-order valence-electron chi connectivity index (χ2n) is 6.23. The number of hydrogen-bond donors (Lipinski definition) is 3. The van der Waals surface area contributed by atoms with Crippen LogP contribution >= 0.6 is 12.4 Å². The number of rotatable bonds is 5.